The number of hydrogen-bond donors (Lipinski definition) is 0. The van der Waals surface area contributed by atoms with E-state index < -0.39 is 19.2 Å². The number of pyridine rings is 2. The van der Waals surface area contributed by atoms with Crippen molar-refractivity contribution in [2.75, 3.05) is 0 Å². The van der Waals surface area contributed by atoms with Crippen LogP contribution in [0.25, 0.3) is 22.5 Å². The molecule has 2 aromatic heterocycles. The van der Waals surface area contributed by atoms with E-state index in [4.69, 9.17) is 1.37 Å². The van der Waals surface area contributed by atoms with Crippen LogP contribution in [-0.2, 0) is 20.1 Å². The summed E-state index contributed by atoms with van der Waals surface area (Å²) in [6, 6.07) is 40.2. The smallest absolute Gasteiger partial charge is 0 e. The fourth-order valence-corrected chi connectivity index (χ4v) is 5.94. The van der Waals surface area contributed by atoms with Crippen LogP contribution >= 0.6 is 0 Å². The number of hydrogen-bond acceptors (Lipinski definition) is 2. The molecule has 1 unspecified atom stereocenters. The van der Waals surface area contributed by atoms with Crippen LogP contribution in [0.2, 0.25) is 17.3 Å². The third kappa shape index (κ3) is 8.07. The zero-order valence-corrected chi connectivity index (χ0v) is 26.2. The minimum Gasteiger partial charge on any atom is 0 e. The predicted octanol–water partition coefficient (Wildman–Crippen LogP) is 7.79. The normalized spacial score (nSPS) is 12.7. The molecule has 0 aliphatic rings. The second-order valence-corrected chi connectivity index (χ2v) is 20.3. The minimum atomic E-state index is -1.72. The fourth-order valence-electron chi connectivity index (χ4n) is 3.77. The molecule has 1 radical (unpaired) electrons. The SMILES string of the molecule is [2H]C(C)(c1ccccc1)c1ccnc(-c2[c-]cccc2)c1.[CH3][Ge]([CH3])([CH3])[c]1ccc(-c2[c-]cccc2)nc1.[Ir]. The molecular weight excluding hydrogens is 689 g/mol. The van der Waals surface area contributed by atoms with Gasteiger partial charge >= 0.3 is 99.8 Å². The molecule has 5 rings (SSSR count). The van der Waals surface area contributed by atoms with Crippen LogP contribution in [0.1, 0.15) is 25.3 Å². The summed E-state index contributed by atoms with van der Waals surface area (Å²) in [6.45, 7) is 1.91. The standard InChI is InChI=1S/C19H16N.C14H16GeN.Ir/c1-15(16-8-4-2-5-9-16)18-12-13-20-19(14-18)17-10-6-3-7-11-17;1-15(2,3)13-9-10-14(16-11-13)12-7-5-4-6-8-12;/h2-10,12-15H,1H3;4-7,9-11H,1-3H3;/q2*-1;/i15D;;. The van der Waals surface area contributed by atoms with E-state index in [1.54, 1.807) is 6.20 Å². The Labute approximate surface area is 239 Å². The topological polar surface area (TPSA) is 25.8 Å². The van der Waals surface area contributed by atoms with Gasteiger partial charge in [-0.15, -0.1) is 35.9 Å². The van der Waals surface area contributed by atoms with Gasteiger partial charge in [-0.05, 0) is 22.9 Å². The molecule has 2 nitrogen and oxygen atoms in total. The maximum absolute atomic E-state index is 8.73. The molecule has 189 valence electrons. The van der Waals surface area contributed by atoms with E-state index >= 15 is 0 Å². The molecule has 0 bridgehead atoms. The molecule has 3 aromatic carbocycles. The van der Waals surface area contributed by atoms with Crippen molar-refractivity contribution in [3.63, 3.8) is 0 Å². The summed E-state index contributed by atoms with van der Waals surface area (Å²) in [6.07, 6.45) is 3.80. The Morgan fingerprint density at radius 1 is 0.703 bits per heavy atom. The van der Waals surface area contributed by atoms with Gasteiger partial charge in [0.25, 0.3) is 0 Å². The first-order chi connectivity index (χ1) is 17.7. The van der Waals surface area contributed by atoms with Crippen molar-refractivity contribution >= 4 is 17.7 Å². The molecule has 0 fully saturated rings. The van der Waals surface area contributed by atoms with Crippen LogP contribution in [0.15, 0.2) is 116 Å². The second-order valence-electron chi connectivity index (χ2n) is 9.66. The largest absolute Gasteiger partial charge is 0 e. The number of rotatable bonds is 5. The first-order valence-corrected chi connectivity index (χ1v) is 19.5. The van der Waals surface area contributed by atoms with Gasteiger partial charge in [0.1, 0.15) is 0 Å². The Morgan fingerprint density at radius 3 is 1.86 bits per heavy atom. The Hall–Kier alpha value is -2.85. The van der Waals surface area contributed by atoms with Crippen molar-refractivity contribution in [3.8, 4) is 22.5 Å². The summed E-state index contributed by atoms with van der Waals surface area (Å²) in [4.78, 5) is 8.93. The van der Waals surface area contributed by atoms with Gasteiger partial charge in [-0.2, -0.15) is 0 Å². The Kier molecular flexibility index (Phi) is 10.0. The fraction of sp³-hybridized carbons (Fsp3) is 0.152. The summed E-state index contributed by atoms with van der Waals surface area (Å²) < 4.78 is 10.2. The van der Waals surface area contributed by atoms with Crippen LogP contribution in [0, 0.1) is 12.1 Å². The minimum absolute atomic E-state index is 0. The molecule has 2 heterocycles. The summed E-state index contributed by atoms with van der Waals surface area (Å²) in [5.41, 5.74) is 5.77. The van der Waals surface area contributed by atoms with Gasteiger partial charge in [0.15, 0.2) is 0 Å². The second kappa shape index (κ2) is 13.6. The molecule has 0 saturated carbocycles. The van der Waals surface area contributed by atoms with Crippen molar-refractivity contribution in [1.82, 2.24) is 9.97 Å². The Bertz CT molecular complexity index is 1400. The van der Waals surface area contributed by atoms with Crippen molar-refractivity contribution in [3.05, 3.63) is 139 Å². The van der Waals surface area contributed by atoms with Gasteiger partial charge in [-0.25, -0.2) is 0 Å². The van der Waals surface area contributed by atoms with Gasteiger partial charge in [0.2, 0.25) is 0 Å². The van der Waals surface area contributed by atoms with Crippen LogP contribution in [-0.4, -0.2) is 23.2 Å². The third-order valence-electron chi connectivity index (χ3n) is 6.00. The summed E-state index contributed by atoms with van der Waals surface area (Å²) in [5, 5.41) is 0. The van der Waals surface area contributed by atoms with Crippen LogP contribution in [0.3, 0.4) is 0 Å². The van der Waals surface area contributed by atoms with Gasteiger partial charge in [0.05, 0.1) is 0 Å². The molecular formula is C33H32GeIrN2-2. The summed E-state index contributed by atoms with van der Waals surface area (Å²) in [5.74, 6) is 6.34. The molecule has 0 aliphatic heterocycles. The monoisotopic (exact) mass is 724 g/mol. The van der Waals surface area contributed by atoms with E-state index in [2.05, 4.69) is 51.5 Å². The van der Waals surface area contributed by atoms with Crippen molar-refractivity contribution in [2.24, 2.45) is 0 Å². The van der Waals surface area contributed by atoms with Crippen LogP contribution in [0.4, 0.5) is 0 Å². The number of nitrogens with zero attached hydrogens (tertiary/aromatic N) is 2. The zero-order valence-electron chi connectivity index (χ0n) is 22.7. The average Bonchev–Trinajstić information content (AvgIpc) is 2.94. The van der Waals surface area contributed by atoms with Crippen LogP contribution < -0.4 is 4.40 Å². The number of benzene rings is 3. The quantitative estimate of drug-likeness (QED) is 0.137. The molecule has 0 aliphatic carbocycles. The van der Waals surface area contributed by atoms with Gasteiger partial charge in [-0.3, -0.25) is 0 Å². The molecule has 1 atom stereocenters. The first-order valence-electron chi connectivity index (χ1n) is 12.7. The van der Waals surface area contributed by atoms with Crippen molar-refractivity contribution in [1.29, 1.82) is 0 Å². The van der Waals surface area contributed by atoms with E-state index in [-0.39, 0.29) is 20.1 Å². The summed E-state index contributed by atoms with van der Waals surface area (Å²) >= 11 is -1.72. The van der Waals surface area contributed by atoms with Gasteiger partial charge < -0.3 is 4.98 Å². The molecule has 4 heteroatoms. The first kappa shape index (κ1) is 27.2. The Balaban J connectivity index is 0.000000213. The average molecular weight is 722 g/mol. The number of aromatic nitrogens is 2. The molecule has 0 amide bonds. The van der Waals surface area contributed by atoms with E-state index in [0.29, 0.717) is 0 Å². The molecule has 5 aromatic rings. The van der Waals surface area contributed by atoms with E-state index in [1.165, 1.54) is 4.40 Å². The molecule has 0 spiro atoms. The van der Waals surface area contributed by atoms with Gasteiger partial charge in [0, 0.05) is 33.6 Å². The summed E-state index contributed by atoms with van der Waals surface area (Å²) in [7, 11) is 0. The van der Waals surface area contributed by atoms with Crippen molar-refractivity contribution < 1.29 is 21.5 Å². The van der Waals surface area contributed by atoms with Gasteiger partial charge in [-0.1, -0.05) is 43.3 Å². The van der Waals surface area contributed by atoms with E-state index in [1.807, 2.05) is 104 Å². The van der Waals surface area contributed by atoms with Crippen LogP contribution in [0.5, 0.6) is 0 Å². The zero-order chi connectivity index (χ0) is 26.3. The maximum Gasteiger partial charge on any atom is 0 e. The van der Waals surface area contributed by atoms with E-state index in [0.717, 1.165) is 33.6 Å². The van der Waals surface area contributed by atoms with Crippen molar-refractivity contribution in [2.45, 2.75) is 30.1 Å². The molecule has 0 N–H and O–H groups in total. The third-order valence-corrected chi connectivity index (χ3v) is 10.3. The molecule has 37 heavy (non-hydrogen) atoms. The molecule has 0 saturated heterocycles. The maximum atomic E-state index is 8.73. The Morgan fingerprint density at radius 2 is 1.32 bits per heavy atom. The van der Waals surface area contributed by atoms with E-state index in [9.17, 15) is 0 Å². The predicted molar refractivity (Wildman–Crippen MR) is 154 cm³/mol.